The molecule has 0 unspecified atom stereocenters. The van der Waals surface area contributed by atoms with E-state index in [-0.39, 0.29) is 12.5 Å². The molecule has 0 aromatic heterocycles. The van der Waals surface area contributed by atoms with Crippen LogP contribution in [0.2, 0.25) is 0 Å². The molecular formula is C14H27NO4. The van der Waals surface area contributed by atoms with Crippen molar-refractivity contribution in [2.24, 2.45) is 5.92 Å². The number of nitrogens with one attached hydrogen (secondary N) is 1. The molecule has 0 aromatic carbocycles. The molecule has 1 aliphatic rings. The largest absolute Gasteiger partial charge is 0.388 e. The van der Waals surface area contributed by atoms with Gasteiger partial charge in [0.05, 0.1) is 18.8 Å². The van der Waals surface area contributed by atoms with Crippen LogP contribution >= 0.6 is 0 Å². The van der Waals surface area contributed by atoms with Crippen molar-refractivity contribution < 1.29 is 19.4 Å². The van der Waals surface area contributed by atoms with E-state index in [1.54, 1.807) is 7.11 Å². The van der Waals surface area contributed by atoms with Crippen molar-refractivity contribution in [2.45, 2.75) is 44.6 Å². The van der Waals surface area contributed by atoms with Crippen LogP contribution in [0.15, 0.2) is 0 Å². The van der Waals surface area contributed by atoms with Crippen LogP contribution in [0.25, 0.3) is 0 Å². The van der Waals surface area contributed by atoms with E-state index in [4.69, 9.17) is 9.47 Å². The van der Waals surface area contributed by atoms with Gasteiger partial charge in [-0.3, -0.25) is 4.79 Å². The summed E-state index contributed by atoms with van der Waals surface area (Å²) < 4.78 is 9.94. The highest BCUT2D eigenvalue weighted by molar-refractivity contribution is 5.77. The van der Waals surface area contributed by atoms with Gasteiger partial charge in [0.2, 0.25) is 5.91 Å². The van der Waals surface area contributed by atoms with Crippen molar-refractivity contribution >= 4 is 5.91 Å². The van der Waals surface area contributed by atoms with Crippen LogP contribution in [0.4, 0.5) is 0 Å². The number of aliphatic hydroxyl groups is 1. The minimum absolute atomic E-state index is 0.0248. The second kappa shape index (κ2) is 8.51. The van der Waals surface area contributed by atoms with Gasteiger partial charge in [0.15, 0.2) is 0 Å². The summed E-state index contributed by atoms with van der Waals surface area (Å²) >= 11 is 0. The van der Waals surface area contributed by atoms with Gasteiger partial charge in [-0.1, -0.05) is 13.3 Å². The molecule has 0 atom stereocenters. The van der Waals surface area contributed by atoms with Crippen LogP contribution < -0.4 is 5.32 Å². The molecule has 0 radical (unpaired) electrons. The zero-order chi connectivity index (χ0) is 14.1. The Morgan fingerprint density at radius 1 is 1.37 bits per heavy atom. The van der Waals surface area contributed by atoms with Gasteiger partial charge in [-0.2, -0.15) is 0 Å². The lowest BCUT2D eigenvalue weighted by atomic mass is 9.78. The summed E-state index contributed by atoms with van der Waals surface area (Å²) in [6, 6.07) is 0. The fourth-order valence-corrected chi connectivity index (χ4v) is 2.42. The first-order valence-electron chi connectivity index (χ1n) is 7.15. The molecule has 19 heavy (non-hydrogen) atoms. The molecule has 0 heterocycles. The lowest BCUT2D eigenvalue weighted by Crippen LogP contribution is -2.46. The first-order valence-corrected chi connectivity index (χ1v) is 7.15. The number of carbonyl (C=O) groups is 1. The average molecular weight is 273 g/mol. The third-order valence-corrected chi connectivity index (χ3v) is 3.89. The van der Waals surface area contributed by atoms with Crippen molar-refractivity contribution in [1.82, 2.24) is 5.32 Å². The zero-order valence-electron chi connectivity index (χ0n) is 12.1. The summed E-state index contributed by atoms with van der Waals surface area (Å²) in [5, 5.41) is 13.1. The Morgan fingerprint density at radius 2 is 2.05 bits per heavy atom. The molecule has 0 spiro atoms. The first kappa shape index (κ1) is 16.4. The molecule has 0 saturated heterocycles. The first-order chi connectivity index (χ1) is 9.09. The molecule has 1 aliphatic carbocycles. The van der Waals surface area contributed by atoms with Crippen molar-refractivity contribution in [3.63, 3.8) is 0 Å². The van der Waals surface area contributed by atoms with Crippen molar-refractivity contribution in [2.75, 3.05) is 33.5 Å². The Balaban J connectivity index is 2.15. The van der Waals surface area contributed by atoms with Crippen LogP contribution in [0, 0.1) is 5.92 Å². The molecule has 0 bridgehead atoms. The molecule has 0 aliphatic heterocycles. The highest BCUT2D eigenvalue weighted by atomic mass is 16.5. The monoisotopic (exact) mass is 273 g/mol. The maximum atomic E-state index is 11.5. The Morgan fingerprint density at radius 3 is 2.63 bits per heavy atom. The topological polar surface area (TPSA) is 67.8 Å². The van der Waals surface area contributed by atoms with Crippen molar-refractivity contribution in [3.05, 3.63) is 0 Å². The zero-order valence-corrected chi connectivity index (χ0v) is 12.1. The van der Waals surface area contributed by atoms with Crippen LogP contribution in [-0.2, 0) is 14.3 Å². The fraction of sp³-hybridized carbons (Fsp3) is 0.929. The van der Waals surface area contributed by atoms with E-state index in [2.05, 4.69) is 12.2 Å². The molecule has 1 rings (SSSR count). The van der Waals surface area contributed by atoms with E-state index >= 15 is 0 Å². The fourth-order valence-electron chi connectivity index (χ4n) is 2.42. The maximum absolute atomic E-state index is 11.5. The molecule has 2 N–H and O–H groups in total. The molecule has 5 heteroatoms. The summed E-state index contributed by atoms with van der Waals surface area (Å²) in [6.45, 7) is 3.43. The second-order valence-corrected chi connectivity index (χ2v) is 5.40. The van der Waals surface area contributed by atoms with Gasteiger partial charge in [-0.05, 0) is 31.6 Å². The second-order valence-electron chi connectivity index (χ2n) is 5.40. The minimum atomic E-state index is -0.728. The highest BCUT2D eigenvalue weighted by Crippen LogP contribution is 2.33. The van der Waals surface area contributed by atoms with Gasteiger partial charge in [0.1, 0.15) is 6.61 Å². The predicted octanol–water partition coefficient (Wildman–Crippen LogP) is 1.10. The normalized spacial score (nSPS) is 27.2. The number of amides is 1. The number of hydrogen-bond acceptors (Lipinski definition) is 4. The molecule has 1 amide bonds. The maximum Gasteiger partial charge on any atom is 0.246 e. The summed E-state index contributed by atoms with van der Waals surface area (Å²) in [4.78, 5) is 11.5. The molecule has 112 valence electrons. The Hall–Kier alpha value is -0.650. The third-order valence-electron chi connectivity index (χ3n) is 3.89. The smallest absolute Gasteiger partial charge is 0.246 e. The number of methoxy groups -OCH3 is 1. The molecule has 1 fully saturated rings. The number of hydrogen-bond donors (Lipinski definition) is 2. The number of carbonyl (C=O) groups excluding carboxylic acids is 1. The van der Waals surface area contributed by atoms with E-state index in [9.17, 15) is 9.90 Å². The van der Waals surface area contributed by atoms with Gasteiger partial charge >= 0.3 is 0 Å². The summed E-state index contributed by atoms with van der Waals surface area (Å²) in [6.07, 6.45) is 4.82. The van der Waals surface area contributed by atoms with E-state index in [1.807, 2.05) is 0 Å². The number of rotatable bonds is 8. The van der Waals surface area contributed by atoms with Crippen LogP contribution in [-0.4, -0.2) is 50.1 Å². The lowest BCUT2D eigenvalue weighted by molar-refractivity contribution is -0.127. The molecular weight excluding hydrogens is 246 g/mol. The van der Waals surface area contributed by atoms with Crippen LogP contribution in [0.5, 0.6) is 0 Å². The number of ether oxygens (including phenoxy) is 2. The quantitative estimate of drug-likeness (QED) is 0.650. The van der Waals surface area contributed by atoms with Crippen molar-refractivity contribution in [1.29, 1.82) is 0 Å². The summed E-state index contributed by atoms with van der Waals surface area (Å²) in [5.41, 5.74) is -0.728. The molecule has 1 saturated carbocycles. The average Bonchev–Trinajstić information content (AvgIpc) is 2.42. The molecule has 5 nitrogen and oxygen atoms in total. The highest BCUT2D eigenvalue weighted by Gasteiger charge is 2.32. The van der Waals surface area contributed by atoms with Gasteiger partial charge in [-0.25, -0.2) is 0 Å². The van der Waals surface area contributed by atoms with Gasteiger partial charge in [0, 0.05) is 13.7 Å². The van der Waals surface area contributed by atoms with Crippen molar-refractivity contribution in [3.8, 4) is 0 Å². The van der Waals surface area contributed by atoms with Crippen LogP contribution in [0.3, 0.4) is 0 Å². The predicted molar refractivity (Wildman–Crippen MR) is 72.9 cm³/mol. The summed E-state index contributed by atoms with van der Waals surface area (Å²) in [7, 11) is 1.59. The van der Waals surface area contributed by atoms with E-state index in [0.717, 1.165) is 31.6 Å². The van der Waals surface area contributed by atoms with Crippen LogP contribution in [0.1, 0.15) is 39.0 Å². The minimum Gasteiger partial charge on any atom is -0.388 e. The third kappa shape index (κ3) is 6.36. The van der Waals surface area contributed by atoms with E-state index in [0.29, 0.717) is 19.8 Å². The molecule has 0 aromatic rings. The Kier molecular flexibility index (Phi) is 7.34. The van der Waals surface area contributed by atoms with Gasteiger partial charge < -0.3 is 19.9 Å². The standard InChI is InChI=1S/C14H27NO4/c1-3-12-4-6-14(17,7-5-12)11-15-13(16)10-19-9-8-18-2/h12,17H,3-11H2,1-2H3,(H,15,16). The van der Waals surface area contributed by atoms with E-state index in [1.165, 1.54) is 6.42 Å². The van der Waals surface area contributed by atoms with E-state index < -0.39 is 5.60 Å². The SMILES string of the molecule is CCC1CCC(O)(CNC(=O)COCCOC)CC1. The van der Waals surface area contributed by atoms with Gasteiger partial charge in [-0.15, -0.1) is 0 Å². The summed E-state index contributed by atoms with van der Waals surface area (Å²) in [5.74, 6) is 0.551. The Labute approximate surface area is 115 Å². The Bertz CT molecular complexity index is 262. The lowest BCUT2D eigenvalue weighted by Gasteiger charge is -2.35. The van der Waals surface area contributed by atoms with Gasteiger partial charge in [0.25, 0.3) is 0 Å².